The Morgan fingerprint density at radius 2 is 2.10 bits per heavy atom. The van der Waals surface area contributed by atoms with Crippen molar-refractivity contribution < 1.29 is 23.1 Å². The molecule has 0 bridgehead atoms. The number of hydrogen-bond donors (Lipinski definition) is 2. The molecule has 0 aliphatic carbocycles. The zero-order valence-corrected chi connectivity index (χ0v) is 12.1. The van der Waals surface area contributed by atoms with Crippen molar-refractivity contribution >= 4 is 21.8 Å². The van der Waals surface area contributed by atoms with E-state index in [1.54, 1.807) is 13.2 Å². The first-order chi connectivity index (χ1) is 9.83. The van der Waals surface area contributed by atoms with E-state index in [-0.39, 0.29) is 22.0 Å². The van der Waals surface area contributed by atoms with Crippen molar-refractivity contribution in [3.8, 4) is 5.75 Å². The zero-order valence-electron chi connectivity index (χ0n) is 11.3. The Balaban J connectivity index is 2.42. The molecule has 0 saturated carbocycles. The van der Waals surface area contributed by atoms with Crippen molar-refractivity contribution in [3.63, 3.8) is 0 Å². The smallest absolute Gasteiger partial charge is 0.335 e. The van der Waals surface area contributed by atoms with Gasteiger partial charge in [0.2, 0.25) is 0 Å². The number of nitrogens with zero attached hydrogens (tertiary/aromatic N) is 2. The first kappa shape index (κ1) is 14.9. The van der Waals surface area contributed by atoms with Gasteiger partial charge in [-0.1, -0.05) is 0 Å². The largest absolute Gasteiger partial charge is 0.495 e. The lowest BCUT2D eigenvalue weighted by Crippen LogP contribution is -2.15. The molecule has 2 N–H and O–H groups in total. The number of methoxy groups -OCH3 is 1. The van der Waals surface area contributed by atoms with Gasteiger partial charge in [-0.2, -0.15) is 5.10 Å². The van der Waals surface area contributed by atoms with Crippen LogP contribution in [-0.2, 0) is 17.1 Å². The number of rotatable bonds is 5. The minimum absolute atomic E-state index is 0.0571. The van der Waals surface area contributed by atoms with Gasteiger partial charge in [-0.25, -0.2) is 13.2 Å². The van der Waals surface area contributed by atoms with Crippen molar-refractivity contribution in [2.75, 3.05) is 11.8 Å². The van der Waals surface area contributed by atoms with Crippen molar-refractivity contribution in [1.82, 2.24) is 9.78 Å². The summed E-state index contributed by atoms with van der Waals surface area (Å²) in [5.74, 6) is -1.07. The maximum atomic E-state index is 12.3. The first-order valence-electron chi connectivity index (χ1n) is 5.77. The summed E-state index contributed by atoms with van der Waals surface area (Å²) >= 11 is 0. The Hall–Kier alpha value is -2.55. The average Bonchev–Trinajstić information content (AvgIpc) is 2.82. The van der Waals surface area contributed by atoms with Gasteiger partial charge in [0.25, 0.3) is 10.0 Å². The van der Waals surface area contributed by atoms with Gasteiger partial charge in [0.1, 0.15) is 10.6 Å². The summed E-state index contributed by atoms with van der Waals surface area (Å²) < 4.78 is 33.3. The van der Waals surface area contributed by atoms with E-state index in [9.17, 15) is 13.2 Å². The molecule has 0 atom stereocenters. The lowest BCUT2D eigenvalue weighted by molar-refractivity contribution is 0.0696. The molecular weight excluding hydrogens is 298 g/mol. The molecule has 0 unspecified atom stereocenters. The topological polar surface area (TPSA) is 111 Å². The van der Waals surface area contributed by atoms with E-state index in [4.69, 9.17) is 9.84 Å². The molecule has 1 aromatic heterocycles. The summed E-state index contributed by atoms with van der Waals surface area (Å²) in [5.41, 5.74) is -0.0661. The van der Waals surface area contributed by atoms with Gasteiger partial charge in [-0.15, -0.1) is 0 Å². The maximum absolute atomic E-state index is 12.3. The summed E-state index contributed by atoms with van der Waals surface area (Å²) in [5, 5.41) is 12.8. The Labute approximate surface area is 121 Å². The van der Waals surface area contributed by atoms with Crippen LogP contribution in [0.3, 0.4) is 0 Å². The second-order valence-electron chi connectivity index (χ2n) is 4.15. The van der Waals surface area contributed by atoms with Crippen LogP contribution < -0.4 is 9.46 Å². The Kier molecular flexibility index (Phi) is 3.85. The molecule has 1 heterocycles. The number of aromatic carboxylic acids is 1. The number of anilines is 1. The van der Waals surface area contributed by atoms with Gasteiger partial charge in [0.15, 0.2) is 5.82 Å². The van der Waals surface area contributed by atoms with Crippen molar-refractivity contribution in [2.45, 2.75) is 4.90 Å². The third-order valence-corrected chi connectivity index (χ3v) is 4.05. The number of aryl methyl sites for hydroxylation is 1. The predicted octanol–water partition coefficient (Wildman–Crippen LogP) is 0.928. The van der Waals surface area contributed by atoms with Crippen LogP contribution in [0.2, 0.25) is 0 Å². The molecule has 0 aliphatic rings. The summed E-state index contributed by atoms with van der Waals surface area (Å²) in [6.45, 7) is 0. The van der Waals surface area contributed by atoms with Gasteiger partial charge in [0.05, 0.1) is 12.7 Å². The SMILES string of the molecule is COc1cc(C(=O)O)ccc1S(=O)(=O)Nc1ccn(C)n1. The molecule has 0 spiro atoms. The highest BCUT2D eigenvalue weighted by Crippen LogP contribution is 2.26. The maximum Gasteiger partial charge on any atom is 0.335 e. The molecule has 21 heavy (non-hydrogen) atoms. The quantitative estimate of drug-likeness (QED) is 0.849. The molecule has 0 radical (unpaired) electrons. The fraction of sp³-hybridized carbons (Fsp3) is 0.167. The van der Waals surface area contributed by atoms with Crippen LogP contribution in [0.1, 0.15) is 10.4 Å². The minimum atomic E-state index is -3.93. The highest BCUT2D eigenvalue weighted by atomic mass is 32.2. The highest BCUT2D eigenvalue weighted by molar-refractivity contribution is 7.92. The number of sulfonamides is 1. The van der Waals surface area contributed by atoms with Crippen molar-refractivity contribution in [2.24, 2.45) is 7.05 Å². The Morgan fingerprint density at radius 3 is 2.62 bits per heavy atom. The summed E-state index contributed by atoms with van der Waals surface area (Å²) in [6.07, 6.45) is 1.59. The number of benzene rings is 1. The molecular formula is C12H13N3O5S. The summed E-state index contributed by atoms with van der Waals surface area (Å²) in [6, 6.07) is 5.01. The van der Waals surface area contributed by atoms with Gasteiger partial charge < -0.3 is 9.84 Å². The van der Waals surface area contributed by atoms with Crippen LogP contribution in [0, 0.1) is 0 Å². The monoisotopic (exact) mass is 311 g/mol. The molecule has 0 aliphatic heterocycles. The van der Waals surface area contributed by atoms with E-state index in [1.807, 2.05) is 0 Å². The van der Waals surface area contributed by atoms with Crippen molar-refractivity contribution in [1.29, 1.82) is 0 Å². The van der Waals surface area contributed by atoms with Crippen LogP contribution in [0.4, 0.5) is 5.82 Å². The summed E-state index contributed by atoms with van der Waals surface area (Å²) in [7, 11) is -1.01. The fourth-order valence-electron chi connectivity index (χ4n) is 1.68. The van der Waals surface area contributed by atoms with E-state index in [2.05, 4.69) is 9.82 Å². The number of carboxylic acid groups (broad SMARTS) is 1. The molecule has 0 fully saturated rings. The second kappa shape index (κ2) is 5.44. The number of ether oxygens (including phenoxy) is 1. The van der Waals surface area contributed by atoms with Gasteiger partial charge in [-0.3, -0.25) is 9.40 Å². The predicted molar refractivity (Wildman–Crippen MR) is 74.0 cm³/mol. The minimum Gasteiger partial charge on any atom is -0.495 e. The lowest BCUT2D eigenvalue weighted by Gasteiger charge is -2.10. The number of carboxylic acids is 1. The third kappa shape index (κ3) is 3.14. The number of nitrogens with one attached hydrogen (secondary N) is 1. The fourth-order valence-corrected chi connectivity index (χ4v) is 2.83. The Bertz CT molecular complexity index is 782. The highest BCUT2D eigenvalue weighted by Gasteiger charge is 2.22. The van der Waals surface area contributed by atoms with E-state index in [0.717, 1.165) is 6.07 Å². The van der Waals surface area contributed by atoms with Crippen LogP contribution >= 0.6 is 0 Å². The van der Waals surface area contributed by atoms with E-state index in [1.165, 1.54) is 30.0 Å². The zero-order chi connectivity index (χ0) is 15.6. The van der Waals surface area contributed by atoms with Gasteiger partial charge in [-0.05, 0) is 18.2 Å². The molecule has 8 nitrogen and oxygen atoms in total. The Morgan fingerprint density at radius 1 is 1.38 bits per heavy atom. The van der Waals surface area contributed by atoms with Crippen LogP contribution in [0.25, 0.3) is 0 Å². The second-order valence-corrected chi connectivity index (χ2v) is 5.80. The van der Waals surface area contributed by atoms with E-state index < -0.39 is 16.0 Å². The molecule has 2 aromatic rings. The van der Waals surface area contributed by atoms with Crippen LogP contribution in [0.5, 0.6) is 5.75 Å². The third-order valence-electron chi connectivity index (χ3n) is 2.65. The molecule has 112 valence electrons. The molecule has 9 heteroatoms. The number of carbonyl (C=O) groups is 1. The molecule has 0 saturated heterocycles. The normalized spacial score (nSPS) is 11.1. The molecule has 1 aromatic carbocycles. The van der Waals surface area contributed by atoms with Crippen molar-refractivity contribution in [3.05, 3.63) is 36.0 Å². The van der Waals surface area contributed by atoms with Crippen LogP contribution in [-0.4, -0.2) is 36.4 Å². The average molecular weight is 311 g/mol. The molecule has 0 amide bonds. The van der Waals surface area contributed by atoms with E-state index in [0.29, 0.717) is 0 Å². The van der Waals surface area contributed by atoms with E-state index >= 15 is 0 Å². The molecule has 2 rings (SSSR count). The summed E-state index contributed by atoms with van der Waals surface area (Å²) in [4.78, 5) is 10.7. The van der Waals surface area contributed by atoms with Gasteiger partial charge in [0, 0.05) is 19.3 Å². The first-order valence-corrected chi connectivity index (χ1v) is 7.25. The lowest BCUT2D eigenvalue weighted by atomic mass is 10.2. The number of hydrogen-bond acceptors (Lipinski definition) is 5. The van der Waals surface area contributed by atoms with Gasteiger partial charge >= 0.3 is 5.97 Å². The van der Waals surface area contributed by atoms with Crippen LogP contribution in [0.15, 0.2) is 35.4 Å². The number of aromatic nitrogens is 2. The standard InChI is InChI=1S/C12H13N3O5S/c1-15-6-5-11(13-15)14-21(18,19)10-4-3-8(12(16)17)7-9(10)20-2/h3-7H,1-2H3,(H,13,14)(H,16,17).